The molecule has 1 aliphatic heterocycles. The average Bonchev–Trinajstić information content (AvgIpc) is 3.24. The van der Waals surface area contributed by atoms with Gasteiger partial charge in [0, 0.05) is 16.8 Å². The molecule has 0 aromatic carbocycles. The van der Waals surface area contributed by atoms with Gasteiger partial charge in [0.1, 0.15) is 0 Å². The maximum atomic E-state index is 12.8. The van der Waals surface area contributed by atoms with Crippen molar-refractivity contribution < 1.29 is 9.21 Å². The number of carbonyl (C=O) groups is 1. The van der Waals surface area contributed by atoms with Crippen LogP contribution in [0.25, 0.3) is 0 Å². The lowest BCUT2D eigenvalue weighted by molar-refractivity contribution is 0.0656. The van der Waals surface area contributed by atoms with Crippen molar-refractivity contribution in [1.82, 2.24) is 15.2 Å². The number of nitrogens with one attached hydrogen (secondary N) is 1. The van der Waals surface area contributed by atoms with Crippen LogP contribution in [-0.4, -0.2) is 34.9 Å². The van der Waals surface area contributed by atoms with Gasteiger partial charge in [-0.2, -0.15) is 0 Å². The number of carbonyl (C=O) groups excluding carboxylic acids is 1. The Kier molecular flexibility index (Phi) is 5.13. The third-order valence-corrected chi connectivity index (χ3v) is 5.07. The maximum Gasteiger partial charge on any atom is 0.291 e. The molecule has 124 valence electrons. The number of piperidine rings is 1. The number of hydrogen-bond acceptors (Lipinski definition) is 5. The van der Waals surface area contributed by atoms with Crippen molar-refractivity contribution >= 4 is 17.2 Å². The van der Waals surface area contributed by atoms with Crippen molar-refractivity contribution in [2.24, 2.45) is 0 Å². The van der Waals surface area contributed by atoms with Crippen molar-refractivity contribution in [3.8, 4) is 0 Å². The van der Waals surface area contributed by atoms with E-state index in [0.717, 1.165) is 25.9 Å². The Morgan fingerprint density at radius 2 is 2.26 bits per heavy atom. The van der Waals surface area contributed by atoms with E-state index in [-0.39, 0.29) is 11.9 Å². The highest BCUT2D eigenvalue weighted by molar-refractivity contribution is 7.09. The van der Waals surface area contributed by atoms with E-state index >= 15 is 0 Å². The summed E-state index contributed by atoms with van der Waals surface area (Å²) in [5, 5.41) is 5.36. The molecule has 1 N–H and O–H groups in total. The number of oxazole rings is 1. The van der Waals surface area contributed by atoms with Crippen LogP contribution >= 0.6 is 11.3 Å². The minimum atomic E-state index is -0.0823. The number of aromatic nitrogens is 1. The van der Waals surface area contributed by atoms with E-state index in [1.165, 1.54) is 4.88 Å². The fraction of sp³-hybridized carbons (Fsp3) is 0.529. The van der Waals surface area contributed by atoms with Gasteiger partial charge in [-0.15, -0.1) is 11.3 Å². The third kappa shape index (κ3) is 3.82. The van der Waals surface area contributed by atoms with Crippen LogP contribution in [0.4, 0.5) is 0 Å². The number of amides is 1. The largest absolute Gasteiger partial charge is 0.435 e. The Morgan fingerprint density at radius 1 is 1.48 bits per heavy atom. The molecule has 0 atom stereocenters. The second-order valence-corrected chi connectivity index (χ2v) is 7.23. The van der Waals surface area contributed by atoms with Gasteiger partial charge in [-0.1, -0.05) is 6.07 Å². The summed E-state index contributed by atoms with van der Waals surface area (Å²) < 4.78 is 5.81. The summed E-state index contributed by atoms with van der Waals surface area (Å²) in [6, 6.07) is 4.16. The minimum absolute atomic E-state index is 0.0823. The smallest absolute Gasteiger partial charge is 0.291 e. The predicted molar refractivity (Wildman–Crippen MR) is 90.7 cm³/mol. The van der Waals surface area contributed by atoms with Crippen molar-refractivity contribution in [3.63, 3.8) is 0 Å². The first-order valence-electron chi connectivity index (χ1n) is 8.15. The molecule has 0 spiro atoms. The van der Waals surface area contributed by atoms with Crippen LogP contribution in [-0.2, 0) is 6.54 Å². The molecule has 0 aliphatic carbocycles. The van der Waals surface area contributed by atoms with Gasteiger partial charge >= 0.3 is 0 Å². The Morgan fingerprint density at radius 3 is 2.91 bits per heavy atom. The van der Waals surface area contributed by atoms with Crippen LogP contribution in [0, 0.1) is 0 Å². The van der Waals surface area contributed by atoms with Gasteiger partial charge in [0.15, 0.2) is 5.89 Å². The van der Waals surface area contributed by atoms with Gasteiger partial charge in [-0.3, -0.25) is 4.79 Å². The average molecular weight is 333 g/mol. The zero-order valence-corrected chi connectivity index (χ0v) is 14.4. The monoisotopic (exact) mass is 333 g/mol. The molecule has 1 amide bonds. The quantitative estimate of drug-likeness (QED) is 0.912. The molecule has 0 bridgehead atoms. The summed E-state index contributed by atoms with van der Waals surface area (Å²) in [5.74, 6) is 1.29. The molecule has 0 saturated carbocycles. The van der Waals surface area contributed by atoms with Crippen LogP contribution in [0.3, 0.4) is 0 Å². The van der Waals surface area contributed by atoms with E-state index in [1.54, 1.807) is 17.5 Å². The highest BCUT2D eigenvalue weighted by Crippen LogP contribution is 2.25. The van der Waals surface area contributed by atoms with E-state index in [1.807, 2.05) is 36.3 Å². The predicted octanol–water partition coefficient (Wildman–Crippen LogP) is 3.25. The first-order valence-corrected chi connectivity index (χ1v) is 9.03. The highest BCUT2D eigenvalue weighted by atomic mass is 32.1. The molecule has 0 radical (unpaired) electrons. The van der Waals surface area contributed by atoms with Crippen molar-refractivity contribution in [2.45, 2.75) is 45.2 Å². The van der Waals surface area contributed by atoms with Crippen LogP contribution in [0.2, 0.25) is 0 Å². The summed E-state index contributed by atoms with van der Waals surface area (Å²) >= 11 is 1.66. The summed E-state index contributed by atoms with van der Waals surface area (Å²) in [7, 11) is 0. The van der Waals surface area contributed by atoms with Gasteiger partial charge in [-0.25, -0.2) is 4.98 Å². The van der Waals surface area contributed by atoms with E-state index in [0.29, 0.717) is 24.1 Å². The van der Waals surface area contributed by atoms with Crippen LogP contribution in [0.5, 0.6) is 0 Å². The van der Waals surface area contributed by atoms with Gasteiger partial charge in [0.05, 0.1) is 12.7 Å². The highest BCUT2D eigenvalue weighted by Gasteiger charge is 2.26. The summed E-state index contributed by atoms with van der Waals surface area (Å²) in [6.07, 6.45) is 3.61. The fourth-order valence-corrected chi connectivity index (χ4v) is 3.55. The molecule has 2 aromatic heterocycles. The zero-order valence-electron chi connectivity index (χ0n) is 13.6. The molecule has 1 aliphatic rings. The van der Waals surface area contributed by atoms with E-state index in [9.17, 15) is 4.79 Å². The summed E-state index contributed by atoms with van der Waals surface area (Å²) in [5.41, 5.74) is 0. The zero-order chi connectivity index (χ0) is 16.2. The molecule has 0 unspecified atom stereocenters. The van der Waals surface area contributed by atoms with Crippen LogP contribution < -0.4 is 5.32 Å². The molecule has 6 heteroatoms. The van der Waals surface area contributed by atoms with Crippen molar-refractivity contribution in [3.05, 3.63) is 40.2 Å². The Hall–Kier alpha value is -1.66. The lowest BCUT2D eigenvalue weighted by atomic mass is 9.98. The lowest BCUT2D eigenvalue weighted by Gasteiger charge is -2.25. The maximum absolute atomic E-state index is 12.8. The molecule has 3 heterocycles. The van der Waals surface area contributed by atoms with Crippen LogP contribution in [0.15, 0.2) is 28.1 Å². The Balaban J connectivity index is 1.73. The van der Waals surface area contributed by atoms with E-state index in [2.05, 4.69) is 10.3 Å². The molecule has 2 aromatic rings. The minimum Gasteiger partial charge on any atom is -0.435 e. The summed E-state index contributed by atoms with van der Waals surface area (Å²) in [6.45, 7) is 6.61. The number of rotatable bonds is 5. The molecular formula is C17H23N3O2S. The number of nitrogens with zero attached hydrogens (tertiary/aromatic N) is 2. The normalized spacial score (nSPS) is 16.0. The number of hydrogen-bond donors (Lipinski definition) is 1. The Bertz CT molecular complexity index is 630. The molecular weight excluding hydrogens is 310 g/mol. The van der Waals surface area contributed by atoms with Crippen LogP contribution in [0.1, 0.15) is 53.9 Å². The van der Waals surface area contributed by atoms with Gasteiger partial charge in [-0.05, 0) is 51.2 Å². The molecule has 1 fully saturated rings. The second kappa shape index (κ2) is 7.27. The standard InChI is InChI=1S/C17H23N3O2S/c1-12(2)20(11-14-4-3-9-23-14)17(21)15-10-19-16(22-15)13-5-7-18-8-6-13/h3-4,9-10,12-13,18H,5-8,11H2,1-2H3. The lowest BCUT2D eigenvalue weighted by Crippen LogP contribution is -2.36. The molecule has 1 saturated heterocycles. The topological polar surface area (TPSA) is 58.4 Å². The molecule has 3 rings (SSSR count). The molecule has 23 heavy (non-hydrogen) atoms. The van der Waals surface area contributed by atoms with Crippen molar-refractivity contribution in [2.75, 3.05) is 13.1 Å². The van der Waals surface area contributed by atoms with Gasteiger partial charge in [0.25, 0.3) is 5.91 Å². The Labute approximate surface area is 140 Å². The van der Waals surface area contributed by atoms with Gasteiger partial charge in [0.2, 0.25) is 5.76 Å². The first kappa shape index (κ1) is 16.2. The van der Waals surface area contributed by atoms with Gasteiger partial charge < -0.3 is 14.6 Å². The second-order valence-electron chi connectivity index (χ2n) is 6.19. The first-order chi connectivity index (χ1) is 11.1. The SMILES string of the molecule is CC(C)N(Cc1cccs1)C(=O)c1cnc(C2CCNCC2)o1. The van der Waals surface area contributed by atoms with Crippen molar-refractivity contribution in [1.29, 1.82) is 0 Å². The van der Waals surface area contributed by atoms with E-state index in [4.69, 9.17) is 4.42 Å². The summed E-state index contributed by atoms with van der Waals surface area (Å²) in [4.78, 5) is 20.2. The molecule has 5 nitrogen and oxygen atoms in total. The fourth-order valence-electron chi connectivity index (χ4n) is 2.84. The third-order valence-electron chi connectivity index (χ3n) is 4.21. The van der Waals surface area contributed by atoms with E-state index < -0.39 is 0 Å². The number of thiophene rings is 1.